The van der Waals surface area contributed by atoms with Crippen molar-refractivity contribution in [1.29, 1.82) is 0 Å². The van der Waals surface area contributed by atoms with E-state index in [4.69, 9.17) is 0 Å². The van der Waals surface area contributed by atoms with Crippen molar-refractivity contribution in [2.75, 3.05) is 13.1 Å². The van der Waals surface area contributed by atoms with Gasteiger partial charge in [0, 0.05) is 55.4 Å². The van der Waals surface area contributed by atoms with Crippen molar-refractivity contribution in [2.45, 2.75) is 186 Å². The fourth-order valence-corrected chi connectivity index (χ4v) is 4.87. The van der Waals surface area contributed by atoms with E-state index < -0.39 is 0 Å². The van der Waals surface area contributed by atoms with Gasteiger partial charge in [0.05, 0.1) is 0 Å². The van der Waals surface area contributed by atoms with Crippen LogP contribution in [-0.2, 0) is 0 Å². The maximum Gasteiger partial charge on any atom is 0.00698 e. The number of nitrogens with zero attached hydrogens (tertiary/aromatic N) is 3. The van der Waals surface area contributed by atoms with E-state index in [2.05, 4.69) is 139 Å². The molecule has 3 nitrogen and oxygen atoms in total. The number of hydrogen-bond donors (Lipinski definition) is 0. The smallest absolute Gasteiger partial charge is 0.00698 e. The van der Waals surface area contributed by atoms with E-state index in [1.807, 2.05) is 0 Å². The lowest BCUT2D eigenvalue weighted by atomic mass is 10.1. The second-order valence-corrected chi connectivity index (χ2v) is 12.8. The molecule has 0 spiro atoms. The molecule has 0 aliphatic rings. The molecule has 35 heavy (non-hydrogen) atoms. The molecule has 0 N–H and O–H groups in total. The topological polar surface area (TPSA) is 9.72 Å². The zero-order valence-corrected chi connectivity index (χ0v) is 28.1. The highest BCUT2D eigenvalue weighted by molar-refractivity contribution is 4.75. The third-order valence-corrected chi connectivity index (χ3v) is 7.09. The first kappa shape index (κ1) is 39.4. The fourth-order valence-electron chi connectivity index (χ4n) is 4.87. The van der Waals surface area contributed by atoms with Crippen LogP contribution in [0.3, 0.4) is 0 Å². The molecule has 0 radical (unpaired) electrons. The van der Waals surface area contributed by atoms with Crippen LogP contribution in [0.1, 0.15) is 144 Å². The summed E-state index contributed by atoms with van der Waals surface area (Å²) >= 11 is 0. The Bertz CT molecular complexity index is 424. The quantitative estimate of drug-likeness (QED) is 0.236. The Morgan fingerprint density at radius 2 is 0.657 bits per heavy atom. The average molecular weight is 500 g/mol. The highest BCUT2D eigenvalue weighted by Crippen LogP contribution is 2.15. The molecule has 0 bridgehead atoms. The normalized spacial score (nSPS) is 14.8. The molecular formula is C32H73N3. The first-order valence-corrected chi connectivity index (χ1v) is 15.3. The van der Waals surface area contributed by atoms with E-state index >= 15 is 0 Å². The van der Waals surface area contributed by atoms with Crippen LogP contribution in [0, 0.1) is 11.8 Å². The standard InChI is InChI=1S/2C11H25N.C10H23N/c1-7-11(6)12(10(4)5)8-9(2)3;1-7-10(5)12(9(3)4)11(6)8-2;1-8(2)7-11(9(3)4)10(5)6/h2*9-11H,7-8H2,1-6H3;8-10H,7H2,1-6H3. The summed E-state index contributed by atoms with van der Waals surface area (Å²) in [5, 5.41) is 0. The Labute approximate surface area is 225 Å². The van der Waals surface area contributed by atoms with Crippen molar-refractivity contribution >= 4 is 0 Å². The lowest BCUT2D eigenvalue weighted by Gasteiger charge is -2.37. The second-order valence-electron chi connectivity index (χ2n) is 12.8. The summed E-state index contributed by atoms with van der Waals surface area (Å²) in [6.45, 7) is 43.6. The van der Waals surface area contributed by atoms with E-state index in [-0.39, 0.29) is 0 Å². The summed E-state index contributed by atoms with van der Waals surface area (Å²) in [6.07, 6.45) is 3.76. The van der Waals surface area contributed by atoms with Crippen molar-refractivity contribution in [3.8, 4) is 0 Å². The monoisotopic (exact) mass is 500 g/mol. The van der Waals surface area contributed by atoms with Gasteiger partial charge in [-0.3, -0.25) is 14.7 Å². The Morgan fingerprint density at radius 3 is 0.829 bits per heavy atom. The van der Waals surface area contributed by atoms with Gasteiger partial charge in [-0.15, -0.1) is 0 Å². The van der Waals surface area contributed by atoms with E-state index in [1.54, 1.807) is 0 Å². The molecule has 0 aromatic rings. The Hall–Kier alpha value is -0.120. The highest BCUT2D eigenvalue weighted by atomic mass is 15.2. The van der Waals surface area contributed by atoms with Gasteiger partial charge >= 0.3 is 0 Å². The van der Waals surface area contributed by atoms with Crippen LogP contribution in [0.25, 0.3) is 0 Å². The molecule has 3 unspecified atom stereocenters. The summed E-state index contributed by atoms with van der Waals surface area (Å²) < 4.78 is 0. The molecular weight excluding hydrogens is 426 g/mol. The Balaban J connectivity index is -0.000000439. The summed E-state index contributed by atoms with van der Waals surface area (Å²) in [4.78, 5) is 7.73. The molecule has 3 atom stereocenters. The fraction of sp³-hybridized carbons (Fsp3) is 1.00. The maximum atomic E-state index is 2.61. The van der Waals surface area contributed by atoms with Gasteiger partial charge in [0.25, 0.3) is 0 Å². The lowest BCUT2D eigenvalue weighted by Crippen LogP contribution is -2.44. The molecule has 0 aliphatic carbocycles. The molecule has 0 aromatic heterocycles. The van der Waals surface area contributed by atoms with Gasteiger partial charge < -0.3 is 0 Å². The summed E-state index contributed by atoms with van der Waals surface area (Å²) in [5.74, 6) is 1.56. The SMILES string of the molecule is CC(C)CN(C(C)C)C(C)C.CCC(C)N(C(C)C)C(C)CC.CCC(C)N(CC(C)C)C(C)C. The third-order valence-electron chi connectivity index (χ3n) is 7.09. The van der Waals surface area contributed by atoms with Crippen molar-refractivity contribution in [3.63, 3.8) is 0 Å². The van der Waals surface area contributed by atoms with E-state index in [0.717, 1.165) is 30.0 Å². The van der Waals surface area contributed by atoms with Crippen LogP contribution in [0.2, 0.25) is 0 Å². The Kier molecular flexibility index (Phi) is 24.7. The minimum absolute atomic E-state index is 0.676. The molecule has 3 heteroatoms. The van der Waals surface area contributed by atoms with Gasteiger partial charge in [-0.2, -0.15) is 0 Å². The van der Waals surface area contributed by atoms with Gasteiger partial charge in [-0.1, -0.05) is 48.5 Å². The largest absolute Gasteiger partial charge is 0.298 e. The molecule has 0 saturated heterocycles. The molecule has 0 heterocycles. The predicted octanol–water partition coefficient (Wildman–Crippen LogP) is 9.21. The maximum absolute atomic E-state index is 2.61. The van der Waals surface area contributed by atoms with E-state index in [1.165, 1.54) is 32.4 Å². The molecule has 0 rings (SSSR count). The average Bonchev–Trinajstić information content (AvgIpc) is 2.74. The van der Waals surface area contributed by atoms with Crippen molar-refractivity contribution in [3.05, 3.63) is 0 Å². The van der Waals surface area contributed by atoms with E-state index in [9.17, 15) is 0 Å². The van der Waals surface area contributed by atoms with Crippen LogP contribution in [-0.4, -0.2) is 70.1 Å². The minimum atomic E-state index is 0.676. The first-order valence-electron chi connectivity index (χ1n) is 15.3. The minimum Gasteiger partial charge on any atom is -0.298 e. The Morgan fingerprint density at radius 1 is 0.371 bits per heavy atom. The second kappa shape index (κ2) is 21.9. The van der Waals surface area contributed by atoms with Crippen molar-refractivity contribution < 1.29 is 0 Å². The van der Waals surface area contributed by atoms with Crippen molar-refractivity contribution in [1.82, 2.24) is 14.7 Å². The predicted molar refractivity (Wildman–Crippen MR) is 165 cm³/mol. The summed E-state index contributed by atoms with van der Waals surface area (Å²) in [5.41, 5.74) is 0. The third kappa shape index (κ3) is 19.6. The zero-order valence-electron chi connectivity index (χ0n) is 28.1. The lowest BCUT2D eigenvalue weighted by molar-refractivity contribution is 0.107. The van der Waals surface area contributed by atoms with Gasteiger partial charge in [-0.05, 0) is 107 Å². The number of hydrogen-bond acceptors (Lipinski definition) is 3. The van der Waals surface area contributed by atoms with E-state index in [0.29, 0.717) is 24.2 Å². The van der Waals surface area contributed by atoms with Crippen LogP contribution >= 0.6 is 0 Å². The van der Waals surface area contributed by atoms with Crippen LogP contribution in [0.4, 0.5) is 0 Å². The summed E-state index contributed by atoms with van der Waals surface area (Å²) in [6, 6.07) is 4.89. The van der Waals surface area contributed by atoms with Gasteiger partial charge in [-0.25, -0.2) is 0 Å². The van der Waals surface area contributed by atoms with Crippen molar-refractivity contribution in [2.24, 2.45) is 11.8 Å². The molecule has 0 aromatic carbocycles. The molecule has 216 valence electrons. The molecule has 0 aliphatic heterocycles. The van der Waals surface area contributed by atoms with Gasteiger partial charge in [0.1, 0.15) is 0 Å². The van der Waals surface area contributed by atoms with Gasteiger partial charge in [0.15, 0.2) is 0 Å². The number of rotatable bonds is 14. The van der Waals surface area contributed by atoms with Crippen LogP contribution in [0.5, 0.6) is 0 Å². The molecule has 0 amide bonds. The molecule has 0 fully saturated rings. The first-order chi connectivity index (χ1) is 16.0. The van der Waals surface area contributed by atoms with Gasteiger partial charge in [0.2, 0.25) is 0 Å². The van der Waals surface area contributed by atoms with Crippen LogP contribution < -0.4 is 0 Å². The molecule has 0 saturated carbocycles. The van der Waals surface area contributed by atoms with Crippen LogP contribution in [0.15, 0.2) is 0 Å². The highest BCUT2D eigenvalue weighted by Gasteiger charge is 2.20. The zero-order chi connectivity index (χ0) is 28.5. The summed E-state index contributed by atoms with van der Waals surface area (Å²) in [7, 11) is 0.